The zero-order valence-electron chi connectivity index (χ0n) is 7.86. The van der Waals surface area contributed by atoms with Crippen LogP contribution in [0.4, 0.5) is 0 Å². The van der Waals surface area contributed by atoms with E-state index in [9.17, 15) is 0 Å². The molecule has 0 spiro atoms. The van der Waals surface area contributed by atoms with Gasteiger partial charge in [-0.2, -0.15) is 11.3 Å². The second-order valence-electron chi connectivity index (χ2n) is 3.76. The molecule has 1 aromatic rings. The van der Waals surface area contributed by atoms with Gasteiger partial charge in [-0.1, -0.05) is 6.92 Å². The van der Waals surface area contributed by atoms with Gasteiger partial charge in [0.25, 0.3) is 0 Å². The first-order valence-corrected chi connectivity index (χ1v) is 5.37. The summed E-state index contributed by atoms with van der Waals surface area (Å²) in [6.07, 6.45) is 1.76. The van der Waals surface area contributed by atoms with Crippen molar-refractivity contribution in [2.24, 2.45) is 5.41 Å². The highest BCUT2D eigenvalue weighted by Crippen LogP contribution is 2.22. The van der Waals surface area contributed by atoms with Crippen LogP contribution in [0.5, 0.6) is 0 Å². The highest BCUT2D eigenvalue weighted by molar-refractivity contribution is 7.07. The highest BCUT2D eigenvalue weighted by atomic mass is 32.1. The smallest absolute Gasteiger partial charge is 0.0506 e. The van der Waals surface area contributed by atoms with Crippen LogP contribution in [-0.2, 0) is 6.42 Å². The quantitative estimate of drug-likeness (QED) is 0.759. The van der Waals surface area contributed by atoms with E-state index >= 15 is 0 Å². The molecule has 0 unspecified atom stereocenters. The maximum Gasteiger partial charge on any atom is 0.0506 e. The van der Waals surface area contributed by atoms with E-state index in [-0.39, 0.29) is 18.6 Å². The molecule has 0 aliphatic heterocycles. The lowest BCUT2D eigenvalue weighted by Gasteiger charge is -2.23. The molecule has 13 heavy (non-hydrogen) atoms. The van der Waals surface area contributed by atoms with E-state index in [1.807, 2.05) is 12.3 Å². The van der Waals surface area contributed by atoms with Crippen molar-refractivity contribution < 1.29 is 10.2 Å². The Hall–Kier alpha value is -0.380. The molecule has 0 aromatic carbocycles. The van der Waals surface area contributed by atoms with Gasteiger partial charge < -0.3 is 10.2 Å². The third-order valence-corrected chi connectivity index (χ3v) is 3.09. The van der Waals surface area contributed by atoms with E-state index in [4.69, 9.17) is 10.2 Å². The molecule has 3 heteroatoms. The topological polar surface area (TPSA) is 40.5 Å². The number of thiophene rings is 1. The number of hydrogen-bond acceptors (Lipinski definition) is 3. The summed E-state index contributed by atoms with van der Waals surface area (Å²) < 4.78 is 0. The molecule has 0 atom stereocenters. The van der Waals surface area contributed by atoms with Gasteiger partial charge in [-0.25, -0.2) is 0 Å². The van der Waals surface area contributed by atoms with Gasteiger partial charge in [0, 0.05) is 5.41 Å². The second kappa shape index (κ2) is 4.74. The fraction of sp³-hybridized carbons (Fsp3) is 0.600. The molecule has 0 aliphatic rings. The summed E-state index contributed by atoms with van der Waals surface area (Å²) >= 11 is 1.68. The summed E-state index contributed by atoms with van der Waals surface area (Å²) in [5, 5.41) is 22.3. The van der Waals surface area contributed by atoms with Crippen LogP contribution in [0.1, 0.15) is 18.9 Å². The SMILES string of the molecule is CC(CO)(CO)CCc1ccsc1. The first kappa shape index (κ1) is 10.7. The minimum atomic E-state index is -0.331. The molecule has 0 radical (unpaired) electrons. The zero-order valence-corrected chi connectivity index (χ0v) is 8.68. The third-order valence-electron chi connectivity index (χ3n) is 2.36. The molecule has 1 aromatic heterocycles. The van der Waals surface area contributed by atoms with Gasteiger partial charge in [-0.05, 0) is 35.2 Å². The fourth-order valence-electron chi connectivity index (χ4n) is 1.09. The van der Waals surface area contributed by atoms with E-state index < -0.39 is 0 Å². The van der Waals surface area contributed by atoms with Crippen LogP contribution in [0.25, 0.3) is 0 Å². The summed E-state index contributed by atoms with van der Waals surface area (Å²) in [6.45, 7) is 2.00. The van der Waals surface area contributed by atoms with E-state index in [1.165, 1.54) is 5.56 Å². The standard InChI is InChI=1S/C10H16O2S/c1-10(7-11,8-12)4-2-9-3-5-13-6-9/h3,5-6,11-12H,2,4,7-8H2,1H3. The fourth-order valence-corrected chi connectivity index (χ4v) is 1.79. The Morgan fingerprint density at radius 3 is 2.54 bits per heavy atom. The number of aliphatic hydroxyl groups is 2. The summed E-state index contributed by atoms with van der Waals surface area (Å²) in [6, 6.07) is 2.08. The Morgan fingerprint density at radius 2 is 2.08 bits per heavy atom. The monoisotopic (exact) mass is 200 g/mol. The first-order chi connectivity index (χ1) is 6.20. The molecule has 0 fully saturated rings. The van der Waals surface area contributed by atoms with Gasteiger partial charge in [0.2, 0.25) is 0 Å². The molecule has 2 N–H and O–H groups in total. The predicted octanol–water partition coefficient (Wildman–Crippen LogP) is 1.67. The molecular formula is C10H16O2S. The van der Waals surface area contributed by atoms with E-state index in [1.54, 1.807) is 11.3 Å². The second-order valence-corrected chi connectivity index (χ2v) is 4.54. The van der Waals surface area contributed by atoms with Crippen molar-refractivity contribution in [1.29, 1.82) is 0 Å². The van der Waals surface area contributed by atoms with Crippen molar-refractivity contribution in [3.05, 3.63) is 22.4 Å². The summed E-state index contributed by atoms with van der Waals surface area (Å²) in [4.78, 5) is 0. The third kappa shape index (κ3) is 3.10. The van der Waals surface area contributed by atoms with Crippen molar-refractivity contribution in [3.8, 4) is 0 Å². The van der Waals surface area contributed by atoms with Crippen molar-refractivity contribution in [3.63, 3.8) is 0 Å². The van der Waals surface area contributed by atoms with Crippen molar-refractivity contribution >= 4 is 11.3 Å². The maximum absolute atomic E-state index is 9.06. The first-order valence-electron chi connectivity index (χ1n) is 4.43. The van der Waals surface area contributed by atoms with Gasteiger partial charge in [0.05, 0.1) is 13.2 Å². The molecule has 1 heterocycles. The Bertz CT molecular complexity index is 227. The molecule has 1 rings (SSSR count). The molecular weight excluding hydrogens is 184 g/mol. The molecule has 0 bridgehead atoms. The number of aryl methyl sites for hydroxylation is 1. The zero-order chi connectivity index (χ0) is 9.73. The summed E-state index contributed by atoms with van der Waals surface area (Å²) in [5.41, 5.74) is 0.959. The molecule has 0 aliphatic carbocycles. The van der Waals surface area contributed by atoms with Gasteiger partial charge in [-0.3, -0.25) is 0 Å². The Morgan fingerprint density at radius 1 is 1.38 bits per heavy atom. The Labute approximate surface area is 82.8 Å². The van der Waals surface area contributed by atoms with Crippen molar-refractivity contribution in [1.82, 2.24) is 0 Å². The average Bonchev–Trinajstić information content (AvgIpc) is 2.67. The number of hydrogen-bond donors (Lipinski definition) is 2. The molecule has 0 saturated heterocycles. The minimum Gasteiger partial charge on any atom is -0.396 e. The molecule has 2 nitrogen and oxygen atoms in total. The Kier molecular flexibility index (Phi) is 3.90. The van der Waals surface area contributed by atoms with Gasteiger partial charge >= 0.3 is 0 Å². The molecule has 0 saturated carbocycles. The number of rotatable bonds is 5. The minimum absolute atomic E-state index is 0.0492. The lowest BCUT2D eigenvalue weighted by Crippen LogP contribution is -2.26. The summed E-state index contributed by atoms with van der Waals surface area (Å²) in [5.74, 6) is 0. The largest absolute Gasteiger partial charge is 0.396 e. The van der Waals surface area contributed by atoms with Crippen LogP contribution in [-0.4, -0.2) is 23.4 Å². The lowest BCUT2D eigenvalue weighted by atomic mass is 9.86. The van der Waals surface area contributed by atoms with Gasteiger partial charge in [0.1, 0.15) is 0 Å². The van der Waals surface area contributed by atoms with Crippen LogP contribution in [0.2, 0.25) is 0 Å². The maximum atomic E-state index is 9.06. The normalized spacial score (nSPS) is 11.9. The average molecular weight is 200 g/mol. The van der Waals surface area contributed by atoms with Gasteiger partial charge in [0.15, 0.2) is 0 Å². The van der Waals surface area contributed by atoms with Gasteiger partial charge in [-0.15, -0.1) is 0 Å². The van der Waals surface area contributed by atoms with Crippen molar-refractivity contribution in [2.45, 2.75) is 19.8 Å². The predicted molar refractivity (Wildman–Crippen MR) is 54.9 cm³/mol. The van der Waals surface area contributed by atoms with E-state index in [0.717, 1.165) is 12.8 Å². The number of aliphatic hydroxyl groups excluding tert-OH is 2. The summed E-state index contributed by atoms with van der Waals surface area (Å²) in [7, 11) is 0. The molecule has 74 valence electrons. The van der Waals surface area contributed by atoms with Crippen LogP contribution >= 0.6 is 11.3 Å². The van der Waals surface area contributed by atoms with Crippen LogP contribution < -0.4 is 0 Å². The van der Waals surface area contributed by atoms with E-state index in [2.05, 4.69) is 11.4 Å². The van der Waals surface area contributed by atoms with E-state index in [0.29, 0.717) is 0 Å². The lowest BCUT2D eigenvalue weighted by molar-refractivity contribution is 0.0632. The van der Waals surface area contributed by atoms with Crippen LogP contribution in [0, 0.1) is 5.41 Å². The van der Waals surface area contributed by atoms with Crippen LogP contribution in [0.3, 0.4) is 0 Å². The highest BCUT2D eigenvalue weighted by Gasteiger charge is 2.21. The van der Waals surface area contributed by atoms with Crippen molar-refractivity contribution in [2.75, 3.05) is 13.2 Å². The Balaban J connectivity index is 2.41. The molecule has 0 amide bonds. The van der Waals surface area contributed by atoms with Crippen LogP contribution in [0.15, 0.2) is 16.8 Å².